The van der Waals surface area contributed by atoms with Gasteiger partial charge < -0.3 is 10.2 Å². The molecule has 7 nitrogen and oxygen atoms in total. The number of aryl methyl sites for hydroxylation is 2. The van der Waals surface area contributed by atoms with Crippen molar-refractivity contribution in [3.63, 3.8) is 0 Å². The molecule has 0 atom stereocenters. The van der Waals surface area contributed by atoms with E-state index >= 15 is 0 Å². The van der Waals surface area contributed by atoms with Crippen molar-refractivity contribution in [3.05, 3.63) is 53.6 Å². The number of tetrazole rings is 1. The lowest BCUT2D eigenvalue weighted by atomic mass is 10.1. The summed E-state index contributed by atoms with van der Waals surface area (Å²) >= 11 is 1.30. The molecule has 140 valence electrons. The van der Waals surface area contributed by atoms with Crippen LogP contribution in [0.3, 0.4) is 0 Å². The predicted molar refractivity (Wildman–Crippen MR) is 109 cm³/mol. The molecule has 1 heterocycles. The molecule has 2 aromatic carbocycles. The Bertz CT molecular complexity index is 936. The normalized spacial score (nSPS) is 10.7. The first kappa shape index (κ1) is 18.9. The van der Waals surface area contributed by atoms with E-state index in [1.54, 1.807) is 4.68 Å². The molecule has 1 amide bonds. The summed E-state index contributed by atoms with van der Waals surface area (Å²) in [4.78, 5) is 14.3. The van der Waals surface area contributed by atoms with E-state index in [9.17, 15) is 4.79 Å². The van der Waals surface area contributed by atoms with Crippen LogP contribution in [-0.4, -0.2) is 46.0 Å². The Morgan fingerprint density at radius 3 is 2.52 bits per heavy atom. The van der Waals surface area contributed by atoms with Gasteiger partial charge in [-0.2, -0.15) is 4.68 Å². The summed E-state index contributed by atoms with van der Waals surface area (Å²) < 4.78 is 1.65. The summed E-state index contributed by atoms with van der Waals surface area (Å²) in [5.41, 5.74) is 5.10. The maximum Gasteiger partial charge on any atom is 0.234 e. The van der Waals surface area contributed by atoms with Gasteiger partial charge in [0.05, 0.1) is 11.4 Å². The Hall–Kier alpha value is -2.87. The van der Waals surface area contributed by atoms with Crippen LogP contribution in [0.15, 0.2) is 47.6 Å². The minimum Gasteiger partial charge on any atom is -0.378 e. The molecule has 0 radical (unpaired) electrons. The number of nitrogens with one attached hydrogen (secondary N) is 1. The minimum atomic E-state index is -0.104. The molecule has 0 saturated heterocycles. The fraction of sp³-hybridized carbons (Fsp3) is 0.263. The second kappa shape index (κ2) is 8.22. The Labute approximate surface area is 162 Å². The number of thioether (sulfide) groups is 1. The smallest absolute Gasteiger partial charge is 0.234 e. The van der Waals surface area contributed by atoms with Crippen LogP contribution in [0.5, 0.6) is 0 Å². The highest BCUT2D eigenvalue weighted by Gasteiger charge is 2.12. The topological polar surface area (TPSA) is 75.9 Å². The molecule has 0 fully saturated rings. The van der Waals surface area contributed by atoms with Crippen molar-refractivity contribution in [1.82, 2.24) is 20.2 Å². The average molecular weight is 382 g/mol. The summed E-state index contributed by atoms with van der Waals surface area (Å²) in [6.45, 7) is 4.11. The predicted octanol–water partition coefficient (Wildman–Crippen LogP) is 3.08. The zero-order valence-electron chi connectivity index (χ0n) is 15.8. The Morgan fingerprint density at radius 2 is 1.85 bits per heavy atom. The molecule has 0 spiro atoms. The molecule has 1 N–H and O–H groups in total. The number of carbonyl (C=O) groups excluding carboxylic acids is 1. The number of carbonyl (C=O) groups is 1. The standard InChI is InChI=1S/C19H22N6OS/c1-13-5-8-17(11-14(13)2)25-19(21-22-23-25)27-12-18(26)20-15-6-9-16(10-7-15)24(3)4/h5-11H,12H2,1-4H3,(H,20,26). The summed E-state index contributed by atoms with van der Waals surface area (Å²) in [6.07, 6.45) is 0. The number of aromatic nitrogens is 4. The number of hydrogen-bond acceptors (Lipinski definition) is 6. The minimum absolute atomic E-state index is 0.104. The van der Waals surface area contributed by atoms with Crippen LogP contribution in [0.4, 0.5) is 11.4 Å². The number of hydrogen-bond donors (Lipinski definition) is 1. The van der Waals surface area contributed by atoms with E-state index in [1.807, 2.05) is 68.4 Å². The highest BCUT2D eigenvalue weighted by molar-refractivity contribution is 7.99. The first-order valence-electron chi connectivity index (χ1n) is 8.50. The molecule has 27 heavy (non-hydrogen) atoms. The molecular formula is C19H22N6OS. The number of rotatable bonds is 6. The number of nitrogens with zero attached hydrogens (tertiary/aromatic N) is 5. The van der Waals surface area contributed by atoms with Gasteiger partial charge in [-0.25, -0.2) is 0 Å². The van der Waals surface area contributed by atoms with Crippen molar-refractivity contribution < 1.29 is 4.79 Å². The first-order chi connectivity index (χ1) is 12.9. The highest BCUT2D eigenvalue weighted by atomic mass is 32.2. The largest absolute Gasteiger partial charge is 0.378 e. The molecule has 0 aliphatic heterocycles. The van der Waals surface area contributed by atoms with E-state index in [1.165, 1.54) is 17.3 Å². The quantitative estimate of drug-likeness (QED) is 0.660. The fourth-order valence-electron chi connectivity index (χ4n) is 2.46. The molecule has 3 aromatic rings. The van der Waals surface area contributed by atoms with Gasteiger partial charge in [0.25, 0.3) is 0 Å². The Balaban J connectivity index is 1.62. The number of anilines is 2. The molecule has 8 heteroatoms. The molecule has 1 aromatic heterocycles. The second-order valence-corrected chi connectivity index (χ2v) is 7.36. The number of benzene rings is 2. The van der Waals surface area contributed by atoms with E-state index < -0.39 is 0 Å². The van der Waals surface area contributed by atoms with Crippen molar-refractivity contribution in [2.75, 3.05) is 30.1 Å². The molecule has 0 aliphatic rings. The van der Waals surface area contributed by atoms with Crippen LogP contribution in [0.2, 0.25) is 0 Å². The monoisotopic (exact) mass is 382 g/mol. The van der Waals surface area contributed by atoms with E-state index in [0.29, 0.717) is 5.16 Å². The van der Waals surface area contributed by atoms with Gasteiger partial charge in [-0.1, -0.05) is 17.8 Å². The van der Waals surface area contributed by atoms with Gasteiger partial charge in [-0.05, 0) is 71.8 Å². The zero-order chi connectivity index (χ0) is 19.4. The summed E-state index contributed by atoms with van der Waals surface area (Å²) in [7, 11) is 3.95. The Morgan fingerprint density at radius 1 is 1.11 bits per heavy atom. The van der Waals surface area contributed by atoms with Gasteiger partial charge in [0.1, 0.15) is 0 Å². The van der Waals surface area contributed by atoms with Crippen LogP contribution in [0.1, 0.15) is 11.1 Å². The van der Waals surface area contributed by atoms with Crippen LogP contribution in [0, 0.1) is 13.8 Å². The Kier molecular flexibility index (Phi) is 5.75. The molecular weight excluding hydrogens is 360 g/mol. The molecule has 0 aliphatic carbocycles. The molecule has 0 saturated carbocycles. The van der Waals surface area contributed by atoms with Crippen molar-refractivity contribution in [2.45, 2.75) is 19.0 Å². The summed E-state index contributed by atoms with van der Waals surface area (Å²) in [5, 5.41) is 15.3. The maximum absolute atomic E-state index is 12.3. The lowest BCUT2D eigenvalue weighted by Crippen LogP contribution is -2.15. The van der Waals surface area contributed by atoms with E-state index in [2.05, 4.69) is 27.8 Å². The number of amides is 1. The van der Waals surface area contributed by atoms with E-state index in [0.717, 1.165) is 22.6 Å². The lowest BCUT2D eigenvalue weighted by molar-refractivity contribution is -0.113. The highest BCUT2D eigenvalue weighted by Crippen LogP contribution is 2.21. The molecule has 0 bridgehead atoms. The fourth-order valence-corrected chi connectivity index (χ4v) is 3.15. The van der Waals surface area contributed by atoms with Gasteiger partial charge in [0, 0.05) is 25.5 Å². The van der Waals surface area contributed by atoms with Gasteiger partial charge in [-0.3, -0.25) is 4.79 Å². The van der Waals surface area contributed by atoms with Crippen molar-refractivity contribution >= 4 is 29.0 Å². The lowest BCUT2D eigenvalue weighted by Gasteiger charge is -2.13. The van der Waals surface area contributed by atoms with Crippen LogP contribution >= 0.6 is 11.8 Å². The van der Waals surface area contributed by atoms with Crippen molar-refractivity contribution in [2.24, 2.45) is 0 Å². The van der Waals surface area contributed by atoms with Crippen LogP contribution in [-0.2, 0) is 4.79 Å². The summed E-state index contributed by atoms with van der Waals surface area (Å²) in [5.74, 6) is 0.118. The van der Waals surface area contributed by atoms with Crippen LogP contribution < -0.4 is 10.2 Å². The van der Waals surface area contributed by atoms with Gasteiger partial charge in [0.15, 0.2) is 0 Å². The SMILES string of the molecule is Cc1ccc(-n2nnnc2SCC(=O)Nc2ccc(N(C)C)cc2)cc1C. The van der Waals surface area contributed by atoms with Crippen molar-refractivity contribution in [1.29, 1.82) is 0 Å². The third kappa shape index (κ3) is 4.65. The molecule has 0 unspecified atom stereocenters. The van der Waals surface area contributed by atoms with Crippen LogP contribution in [0.25, 0.3) is 5.69 Å². The second-order valence-electron chi connectivity index (χ2n) is 6.42. The van der Waals surface area contributed by atoms with Crippen molar-refractivity contribution in [3.8, 4) is 5.69 Å². The third-order valence-corrected chi connectivity index (χ3v) is 5.10. The van der Waals surface area contributed by atoms with Gasteiger partial charge >= 0.3 is 0 Å². The van der Waals surface area contributed by atoms with E-state index in [4.69, 9.17) is 0 Å². The molecule has 3 rings (SSSR count). The van der Waals surface area contributed by atoms with Gasteiger partial charge in [0.2, 0.25) is 11.1 Å². The zero-order valence-corrected chi connectivity index (χ0v) is 16.6. The third-order valence-electron chi connectivity index (χ3n) is 4.18. The average Bonchev–Trinajstić information content (AvgIpc) is 3.11. The summed E-state index contributed by atoms with van der Waals surface area (Å²) in [6, 6.07) is 13.7. The van der Waals surface area contributed by atoms with Gasteiger partial charge in [-0.15, -0.1) is 5.10 Å². The van der Waals surface area contributed by atoms with E-state index in [-0.39, 0.29) is 11.7 Å². The first-order valence-corrected chi connectivity index (χ1v) is 9.48. The maximum atomic E-state index is 12.3.